The zero-order valence-corrected chi connectivity index (χ0v) is 20.0. The molecule has 4 rings (SSSR count). The Kier molecular flexibility index (Phi) is 8.22. The van der Waals surface area contributed by atoms with Crippen LogP contribution in [0.15, 0.2) is 24.4 Å². The number of aromatic nitrogens is 2. The number of carboxylic acid groups (broad SMARTS) is 1. The van der Waals surface area contributed by atoms with E-state index >= 15 is 0 Å². The van der Waals surface area contributed by atoms with Crippen molar-refractivity contribution in [1.29, 1.82) is 0 Å². The monoisotopic (exact) mass is 496 g/mol. The molecule has 35 heavy (non-hydrogen) atoms. The van der Waals surface area contributed by atoms with Gasteiger partial charge in [0.15, 0.2) is 0 Å². The van der Waals surface area contributed by atoms with Crippen LogP contribution < -0.4 is 5.73 Å². The summed E-state index contributed by atoms with van der Waals surface area (Å²) < 4.78 is 43.7. The SMILES string of the molecule is CC(C)[C@@H](N)c1ccc(C(F)(F)F)nc1.C[C@H]1CCCN1C(=O)c1cc(C(=O)O)c2n1CCOC2. The van der Waals surface area contributed by atoms with Gasteiger partial charge in [-0.1, -0.05) is 19.9 Å². The largest absolute Gasteiger partial charge is 0.478 e. The van der Waals surface area contributed by atoms with Gasteiger partial charge < -0.3 is 25.0 Å². The van der Waals surface area contributed by atoms with Gasteiger partial charge in [-0.25, -0.2) is 4.79 Å². The number of rotatable bonds is 4. The molecule has 0 spiro atoms. The van der Waals surface area contributed by atoms with Crippen LogP contribution in [0.4, 0.5) is 13.2 Å². The molecule has 2 aliphatic heterocycles. The van der Waals surface area contributed by atoms with Crippen LogP contribution in [0.3, 0.4) is 0 Å². The van der Waals surface area contributed by atoms with E-state index in [0.717, 1.165) is 25.5 Å². The molecule has 3 N–H and O–H groups in total. The molecule has 192 valence electrons. The molecule has 2 aromatic heterocycles. The van der Waals surface area contributed by atoms with E-state index in [-0.39, 0.29) is 36.1 Å². The molecular formula is C24H31F3N4O4. The van der Waals surface area contributed by atoms with Crippen molar-refractivity contribution in [2.45, 2.75) is 65.0 Å². The number of hydrogen-bond acceptors (Lipinski definition) is 5. The lowest BCUT2D eigenvalue weighted by Gasteiger charge is -2.24. The van der Waals surface area contributed by atoms with E-state index in [2.05, 4.69) is 4.98 Å². The summed E-state index contributed by atoms with van der Waals surface area (Å²) in [5, 5.41) is 9.26. The van der Waals surface area contributed by atoms with Gasteiger partial charge in [0.2, 0.25) is 0 Å². The number of pyridine rings is 1. The highest BCUT2D eigenvalue weighted by molar-refractivity contribution is 5.98. The third-order valence-corrected chi connectivity index (χ3v) is 6.35. The second-order valence-electron chi connectivity index (χ2n) is 9.13. The van der Waals surface area contributed by atoms with E-state index in [1.807, 2.05) is 25.7 Å². The van der Waals surface area contributed by atoms with Gasteiger partial charge in [-0.05, 0) is 43.4 Å². The molecule has 1 amide bonds. The van der Waals surface area contributed by atoms with Gasteiger partial charge in [0.1, 0.15) is 11.4 Å². The fourth-order valence-corrected chi connectivity index (χ4v) is 4.22. The minimum atomic E-state index is -4.39. The summed E-state index contributed by atoms with van der Waals surface area (Å²) in [5.74, 6) is -0.901. The van der Waals surface area contributed by atoms with Gasteiger partial charge in [0.05, 0.1) is 24.5 Å². The zero-order valence-electron chi connectivity index (χ0n) is 20.0. The number of nitrogens with two attached hydrogens (primary N) is 1. The first-order chi connectivity index (χ1) is 16.4. The smallest absolute Gasteiger partial charge is 0.433 e. The molecule has 2 aliphatic rings. The zero-order chi connectivity index (χ0) is 25.9. The molecule has 0 aromatic carbocycles. The molecule has 0 unspecified atom stereocenters. The second kappa shape index (κ2) is 10.8. The molecule has 0 saturated carbocycles. The minimum absolute atomic E-state index is 0.0642. The average Bonchev–Trinajstić information content (AvgIpc) is 3.42. The Morgan fingerprint density at radius 2 is 1.97 bits per heavy atom. The molecular weight excluding hydrogens is 465 g/mol. The summed E-state index contributed by atoms with van der Waals surface area (Å²) in [7, 11) is 0. The molecule has 1 fully saturated rings. The minimum Gasteiger partial charge on any atom is -0.478 e. The maximum absolute atomic E-state index is 12.6. The van der Waals surface area contributed by atoms with E-state index in [9.17, 15) is 27.9 Å². The molecule has 0 radical (unpaired) electrons. The maximum Gasteiger partial charge on any atom is 0.433 e. The lowest BCUT2D eigenvalue weighted by Crippen LogP contribution is -2.35. The Balaban J connectivity index is 0.000000205. The van der Waals surface area contributed by atoms with Crippen LogP contribution in [0, 0.1) is 5.92 Å². The Labute approximate surface area is 201 Å². The quantitative estimate of drug-likeness (QED) is 0.660. The highest BCUT2D eigenvalue weighted by Gasteiger charge is 2.33. The molecule has 8 nitrogen and oxygen atoms in total. The van der Waals surface area contributed by atoms with Crippen molar-refractivity contribution in [1.82, 2.24) is 14.5 Å². The normalized spacial score (nSPS) is 18.6. The predicted molar refractivity (Wildman–Crippen MR) is 122 cm³/mol. The van der Waals surface area contributed by atoms with Crippen molar-refractivity contribution in [2.75, 3.05) is 13.2 Å². The van der Waals surface area contributed by atoms with Crippen LogP contribution in [0.5, 0.6) is 0 Å². The standard InChI is InChI=1S/C14H18N2O4.C10H13F3N2/c1-9-3-2-4-15(9)13(17)11-7-10(14(18)19)12-8-20-6-5-16(11)12;1-6(2)9(14)7-3-4-8(15-5-7)10(11,12)13/h7,9H,2-6,8H2,1H3,(H,18,19);3-6,9H,14H2,1-2H3/t2*9-/m01/s1. The number of carboxylic acids is 1. The van der Waals surface area contributed by atoms with Crippen LogP contribution in [0.25, 0.3) is 0 Å². The fourth-order valence-electron chi connectivity index (χ4n) is 4.22. The Morgan fingerprint density at radius 3 is 2.49 bits per heavy atom. The van der Waals surface area contributed by atoms with Crippen molar-refractivity contribution in [2.24, 2.45) is 11.7 Å². The summed E-state index contributed by atoms with van der Waals surface area (Å²) in [4.78, 5) is 29.1. The van der Waals surface area contributed by atoms with Crippen LogP contribution >= 0.6 is 0 Å². The summed E-state index contributed by atoms with van der Waals surface area (Å²) in [6, 6.07) is 3.78. The van der Waals surface area contributed by atoms with E-state index in [1.165, 1.54) is 18.3 Å². The number of ether oxygens (including phenoxy) is 1. The summed E-state index contributed by atoms with van der Waals surface area (Å²) in [6.45, 7) is 7.89. The summed E-state index contributed by atoms with van der Waals surface area (Å²) >= 11 is 0. The van der Waals surface area contributed by atoms with Crippen molar-refractivity contribution in [3.05, 3.63) is 52.6 Å². The van der Waals surface area contributed by atoms with E-state index in [1.54, 1.807) is 4.57 Å². The number of carbonyl (C=O) groups excluding carboxylic acids is 1. The number of likely N-dealkylation sites (tertiary alicyclic amines) is 1. The van der Waals surface area contributed by atoms with Crippen molar-refractivity contribution in [3.8, 4) is 0 Å². The van der Waals surface area contributed by atoms with Gasteiger partial charge in [-0.2, -0.15) is 13.2 Å². The third kappa shape index (κ3) is 6.02. The number of nitrogens with zero attached hydrogens (tertiary/aromatic N) is 3. The Hall–Kier alpha value is -2.92. The van der Waals surface area contributed by atoms with Gasteiger partial charge in [0.25, 0.3) is 5.91 Å². The van der Waals surface area contributed by atoms with E-state index in [4.69, 9.17) is 10.5 Å². The molecule has 11 heteroatoms. The predicted octanol–water partition coefficient (Wildman–Crippen LogP) is 4.10. The van der Waals surface area contributed by atoms with Gasteiger partial charge in [-0.15, -0.1) is 0 Å². The van der Waals surface area contributed by atoms with Crippen molar-refractivity contribution in [3.63, 3.8) is 0 Å². The first-order valence-corrected chi connectivity index (χ1v) is 11.5. The lowest BCUT2D eigenvalue weighted by atomic mass is 9.98. The van der Waals surface area contributed by atoms with E-state index in [0.29, 0.717) is 30.1 Å². The molecule has 4 heterocycles. The van der Waals surface area contributed by atoms with Crippen molar-refractivity contribution >= 4 is 11.9 Å². The number of halogens is 3. The number of hydrogen-bond donors (Lipinski definition) is 2. The van der Waals surface area contributed by atoms with Crippen LogP contribution in [0.1, 0.15) is 77.5 Å². The highest BCUT2D eigenvalue weighted by atomic mass is 19.4. The van der Waals surface area contributed by atoms with Crippen LogP contribution in [-0.4, -0.2) is 50.6 Å². The highest BCUT2D eigenvalue weighted by Crippen LogP contribution is 2.28. The molecule has 2 atom stereocenters. The molecule has 0 bridgehead atoms. The number of aromatic carboxylic acids is 1. The number of amides is 1. The van der Waals surface area contributed by atoms with E-state index < -0.39 is 17.8 Å². The fraction of sp³-hybridized carbons (Fsp3) is 0.542. The molecule has 2 aromatic rings. The first kappa shape index (κ1) is 26.7. The first-order valence-electron chi connectivity index (χ1n) is 11.5. The Bertz CT molecular complexity index is 1050. The van der Waals surface area contributed by atoms with Crippen LogP contribution in [-0.2, 0) is 24.1 Å². The molecule has 0 aliphatic carbocycles. The Morgan fingerprint density at radius 1 is 1.26 bits per heavy atom. The van der Waals surface area contributed by atoms with Crippen molar-refractivity contribution < 1.29 is 32.6 Å². The molecule has 1 saturated heterocycles. The lowest BCUT2D eigenvalue weighted by molar-refractivity contribution is -0.141. The summed E-state index contributed by atoms with van der Waals surface area (Å²) in [5.41, 5.74) is 6.77. The van der Waals surface area contributed by atoms with Crippen LogP contribution in [0.2, 0.25) is 0 Å². The van der Waals surface area contributed by atoms with Gasteiger partial charge in [-0.3, -0.25) is 9.78 Å². The van der Waals surface area contributed by atoms with Gasteiger partial charge in [0, 0.05) is 31.4 Å². The third-order valence-electron chi connectivity index (χ3n) is 6.35. The maximum atomic E-state index is 12.6. The topological polar surface area (TPSA) is 111 Å². The second-order valence-corrected chi connectivity index (χ2v) is 9.13. The van der Waals surface area contributed by atoms with Gasteiger partial charge >= 0.3 is 12.1 Å². The number of fused-ring (bicyclic) bond motifs is 1. The average molecular weight is 497 g/mol. The number of carbonyl (C=O) groups is 2. The number of alkyl halides is 3. The summed E-state index contributed by atoms with van der Waals surface area (Å²) in [6.07, 6.45) is -1.18.